The Hall–Kier alpha value is -2.13. The summed E-state index contributed by atoms with van der Waals surface area (Å²) in [6, 6.07) is 6.88. The first-order valence-electron chi connectivity index (χ1n) is 10.6. The van der Waals surface area contributed by atoms with Gasteiger partial charge in [0, 0.05) is 45.7 Å². The molecule has 0 N–H and O–H groups in total. The molecule has 9 heteroatoms. The number of aryl methyl sites for hydroxylation is 1. The molecule has 2 saturated heterocycles. The number of amides is 2. The molecule has 0 aromatic heterocycles. The van der Waals surface area contributed by atoms with E-state index in [4.69, 9.17) is 4.74 Å². The summed E-state index contributed by atoms with van der Waals surface area (Å²) in [6.45, 7) is 3.36. The molecule has 0 spiro atoms. The predicted octanol–water partition coefficient (Wildman–Crippen LogP) is 2.09. The summed E-state index contributed by atoms with van der Waals surface area (Å²) in [6.07, 6.45) is 4.18. The molecule has 0 unspecified atom stereocenters. The lowest BCUT2D eigenvalue weighted by Gasteiger charge is -2.25. The third-order valence-corrected chi connectivity index (χ3v) is 7.70. The second-order valence-corrected chi connectivity index (χ2v) is 9.74. The van der Waals surface area contributed by atoms with Crippen molar-refractivity contribution in [2.45, 2.75) is 43.4 Å². The maximum atomic E-state index is 12.7. The lowest BCUT2D eigenvalue weighted by Crippen LogP contribution is -2.37. The zero-order valence-corrected chi connectivity index (χ0v) is 18.4. The minimum Gasteiger partial charge on any atom is -0.453 e. The van der Waals surface area contributed by atoms with Crippen molar-refractivity contribution in [1.82, 2.24) is 14.1 Å². The summed E-state index contributed by atoms with van der Waals surface area (Å²) >= 11 is 0. The Labute approximate surface area is 178 Å². The minimum absolute atomic E-state index is 0.0479. The van der Waals surface area contributed by atoms with Crippen LogP contribution in [0.2, 0.25) is 0 Å². The van der Waals surface area contributed by atoms with Crippen molar-refractivity contribution in [2.24, 2.45) is 0 Å². The van der Waals surface area contributed by atoms with Crippen LogP contribution in [0.3, 0.4) is 0 Å². The number of hydrogen-bond acceptors (Lipinski definition) is 5. The van der Waals surface area contributed by atoms with E-state index in [0.717, 1.165) is 31.2 Å². The van der Waals surface area contributed by atoms with Gasteiger partial charge in [-0.25, -0.2) is 13.2 Å². The number of ether oxygens (including phenoxy) is 1. The van der Waals surface area contributed by atoms with E-state index < -0.39 is 10.0 Å². The molecule has 2 fully saturated rings. The smallest absolute Gasteiger partial charge is 0.409 e. The number of methoxy groups -OCH3 is 1. The highest BCUT2D eigenvalue weighted by atomic mass is 32.2. The molecule has 30 heavy (non-hydrogen) atoms. The Morgan fingerprint density at radius 2 is 1.50 bits per heavy atom. The van der Waals surface area contributed by atoms with Crippen molar-refractivity contribution in [3.8, 4) is 0 Å². The first-order valence-corrected chi connectivity index (χ1v) is 12.1. The lowest BCUT2D eigenvalue weighted by molar-refractivity contribution is -0.131. The number of carbonyl (C=O) groups is 2. The van der Waals surface area contributed by atoms with Crippen LogP contribution in [-0.2, 0) is 26.0 Å². The Morgan fingerprint density at radius 1 is 0.867 bits per heavy atom. The largest absolute Gasteiger partial charge is 0.453 e. The van der Waals surface area contributed by atoms with E-state index in [1.165, 1.54) is 7.11 Å². The summed E-state index contributed by atoms with van der Waals surface area (Å²) in [4.78, 5) is 28.0. The first-order chi connectivity index (χ1) is 14.4. The minimum atomic E-state index is -3.43. The van der Waals surface area contributed by atoms with Crippen LogP contribution >= 0.6 is 0 Å². The molecule has 1 aromatic carbocycles. The average Bonchev–Trinajstić information content (AvgIpc) is 3.04. The molecular weight excluding hydrogens is 406 g/mol. The Bertz CT molecular complexity index is 835. The first kappa shape index (κ1) is 22.6. The Morgan fingerprint density at radius 3 is 2.17 bits per heavy atom. The summed E-state index contributed by atoms with van der Waals surface area (Å²) in [5.74, 6) is 0.0479. The van der Waals surface area contributed by atoms with E-state index in [-0.39, 0.29) is 12.0 Å². The molecule has 0 atom stereocenters. The third kappa shape index (κ3) is 5.51. The van der Waals surface area contributed by atoms with Crippen molar-refractivity contribution in [1.29, 1.82) is 0 Å². The number of benzene rings is 1. The second-order valence-electron chi connectivity index (χ2n) is 7.80. The van der Waals surface area contributed by atoms with E-state index in [9.17, 15) is 18.0 Å². The van der Waals surface area contributed by atoms with Gasteiger partial charge in [-0.1, -0.05) is 18.6 Å². The zero-order chi connectivity index (χ0) is 21.6. The second kappa shape index (κ2) is 10.3. The van der Waals surface area contributed by atoms with Gasteiger partial charge >= 0.3 is 6.09 Å². The van der Waals surface area contributed by atoms with Crippen LogP contribution in [0.4, 0.5) is 4.79 Å². The quantitative estimate of drug-likeness (QED) is 0.704. The van der Waals surface area contributed by atoms with Crippen molar-refractivity contribution in [3.63, 3.8) is 0 Å². The van der Waals surface area contributed by atoms with Crippen LogP contribution in [0.15, 0.2) is 29.2 Å². The fraction of sp³-hybridized carbons (Fsp3) is 0.619. The topological polar surface area (TPSA) is 87.2 Å². The lowest BCUT2D eigenvalue weighted by atomic mass is 10.1. The van der Waals surface area contributed by atoms with Crippen LogP contribution in [0, 0.1) is 0 Å². The molecule has 0 aliphatic carbocycles. The van der Waals surface area contributed by atoms with Gasteiger partial charge in [0.2, 0.25) is 15.9 Å². The predicted molar refractivity (Wildman–Crippen MR) is 113 cm³/mol. The summed E-state index contributed by atoms with van der Waals surface area (Å²) in [5, 5.41) is 0. The van der Waals surface area contributed by atoms with Gasteiger partial charge in [0.1, 0.15) is 0 Å². The number of sulfonamides is 1. The molecule has 3 rings (SSSR count). The maximum absolute atomic E-state index is 12.7. The van der Waals surface area contributed by atoms with Crippen molar-refractivity contribution in [2.75, 3.05) is 46.4 Å². The highest BCUT2D eigenvalue weighted by Crippen LogP contribution is 2.21. The highest BCUT2D eigenvalue weighted by Gasteiger charge is 2.26. The molecule has 0 radical (unpaired) electrons. The molecule has 0 bridgehead atoms. The SMILES string of the molecule is COC(=O)N1CCCN(C(=O)CCc2ccc(S(=O)(=O)N3CCCCC3)cc2)CC1. The monoisotopic (exact) mass is 437 g/mol. The standard InChI is InChI=1S/C21H31N3O5S/c1-29-21(26)23-13-5-12-22(16-17-23)20(25)11-8-18-6-9-19(10-7-18)30(27,28)24-14-3-2-4-15-24/h6-7,9-10H,2-5,8,11-17H2,1H3. The molecule has 8 nitrogen and oxygen atoms in total. The third-order valence-electron chi connectivity index (χ3n) is 5.79. The van der Waals surface area contributed by atoms with Gasteiger partial charge in [-0.2, -0.15) is 4.31 Å². The average molecular weight is 438 g/mol. The fourth-order valence-corrected chi connectivity index (χ4v) is 5.49. The van der Waals surface area contributed by atoms with Gasteiger partial charge in [0.25, 0.3) is 0 Å². The molecule has 166 valence electrons. The summed E-state index contributed by atoms with van der Waals surface area (Å²) in [5.41, 5.74) is 0.937. The number of rotatable bonds is 5. The maximum Gasteiger partial charge on any atom is 0.409 e. The van der Waals surface area contributed by atoms with E-state index >= 15 is 0 Å². The van der Waals surface area contributed by atoms with Crippen LogP contribution in [0.1, 0.15) is 37.7 Å². The van der Waals surface area contributed by atoms with Gasteiger partial charge in [0.15, 0.2) is 0 Å². The molecule has 1 aromatic rings. The number of piperidine rings is 1. The summed E-state index contributed by atoms with van der Waals surface area (Å²) < 4.78 is 31.8. The fourth-order valence-electron chi connectivity index (χ4n) is 3.97. The van der Waals surface area contributed by atoms with Gasteiger partial charge in [-0.3, -0.25) is 4.79 Å². The van der Waals surface area contributed by atoms with Crippen LogP contribution in [-0.4, -0.2) is 80.9 Å². The highest BCUT2D eigenvalue weighted by molar-refractivity contribution is 7.89. The van der Waals surface area contributed by atoms with Gasteiger partial charge in [-0.15, -0.1) is 0 Å². The molecule has 0 saturated carbocycles. The van der Waals surface area contributed by atoms with E-state index in [0.29, 0.717) is 57.0 Å². The zero-order valence-electron chi connectivity index (χ0n) is 17.6. The molecule has 2 heterocycles. The van der Waals surface area contributed by atoms with Gasteiger partial charge < -0.3 is 14.5 Å². The van der Waals surface area contributed by atoms with Crippen LogP contribution in [0.25, 0.3) is 0 Å². The molecular formula is C21H31N3O5S. The van der Waals surface area contributed by atoms with Crippen molar-refractivity contribution in [3.05, 3.63) is 29.8 Å². The molecule has 2 aliphatic rings. The Kier molecular flexibility index (Phi) is 7.71. The van der Waals surface area contributed by atoms with E-state index in [2.05, 4.69) is 0 Å². The van der Waals surface area contributed by atoms with Crippen molar-refractivity contribution < 1.29 is 22.7 Å². The number of nitrogens with zero attached hydrogens (tertiary/aromatic N) is 3. The van der Waals surface area contributed by atoms with Crippen LogP contribution in [0.5, 0.6) is 0 Å². The van der Waals surface area contributed by atoms with Gasteiger partial charge in [-0.05, 0) is 43.4 Å². The van der Waals surface area contributed by atoms with Crippen LogP contribution < -0.4 is 0 Å². The number of hydrogen-bond donors (Lipinski definition) is 0. The number of carbonyl (C=O) groups excluding carboxylic acids is 2. The Balaban J connectivity index is 1.52. The van der Waals surface area contributed by atoms with Gasteiger partial charge in [0.05, 0.1) is 12.0 Å². The molecule has 2 aliphatic heterocycles. The van der Waals surface area contributed by atoms with E-state index in [1.807, 2.05) is 0 Å². The van der Waals surface area contributed by atoms with Crippen molar-refractivity contribution >= 4 is 22.0 Å². The normalized spacial score (nSPS) is 18.7. The van der Waals surface area contributed by atoms with E-state index in [1.54, 1.807) is 38.4 Å². The molecule has 2 amide bonds. The summed E-state index contributed by atoms with van der Waals surface area (Å²) in [7, 11) is -2.07.